The Morgan fingerprint density at radius 1 is 1.42 bits per heavy atom. The van der Waals surface area contributed by atoms with Gasteiger partial charge in [-0.3, -0.25) is 0 Å². The molecule has 1 N–H and O–H groups in total. The number of halogens is 2. The van der Waals surface area contributed by atoms with Crippen LogP contribution in [0.5, 0.6) is 0 Å². The molecule has 19 heavy (non-hydrogen) atoms. The molecule has 1 atom stereocenters. The molecule has 1 aromatic heterocycles. The molecule has 0 spiro atoms. The van der Waals surface area contributed by atoms with E-state index in [1.165, 1.54) is 17.0 Å². The van der Waals surface area contributed by atoms with Crippen LogP contribution in [0.2, 0.25) is 0 Å². The molecule has 100 valence electrons. The SMILES string of the molecule is CNC(c1ccc(Br)c(F)c1)c1nc2c(s1)CCC2. The molecule has 2 nitrogen and oxygen atoms in total. The van der Waals surface area contributed by atoms with Crippen molar-refractivity contribution in [3.63, 3.8) is 0 Å². The standard InChI is InChI=1S/C14H14BrFN2S/c1-17-13(8-5-6-9(15)10(16)7-8)14-18-11-3-2-4-12(11)19-14/h5-7,13,17H,2-4H2,1H3. The van der Waals surface area contributed by atoms with Crippen LogP contribution in [0, 0.1) is 5.82 Å². The Hall–Kier alpha value is -0.780. The van der Waals surface area contributed by atoms with E-state index in [0.29, 0.717) is 4.47 Å². The molecule has 1 aliphatic carbocycles. The molecule has 0 aliphatic heterocycles. The molecule has 0 bridgehead atoms. The van der Waals surface area contributed by atoms with Crippen LogP contribution in [-0.4, -0.2) is 12.0 Å². The molecule has 2 aromatic rings. The van der Waals surface area contributed by atoms with Gasteiger partial charge in [-0.25, -0.2) is 9.37 Å². The number of thiazole rings is 1. The predicted molar refractivity (Wildman–Crippen MR) is 79.1 cm³/mol. The molecule has 1 heterocycles. The fraction of sp³-hybridized carbons (Fsp3) is 0.357. The molecule has 0 saturated carbocycles. The third-order valence-corrected chi connectivity index (χ3v) is 5.29. The van der Waals surface area contributed by atoms with Gasteiger partial charge in [0.05, 0.1) is 16.2 Å². The predicted octanol–water partition coefficient (Wildman–Crippen LogP) is 3.84. The summed E-state index contributed by atoms with van der Waals surface area (Å²) in [5, 5.41) is 4.27. The van der Waals surface area contributed by atoms with E-state index >= 15 is 0 Å². The highest BCUT2D eigenvalue weighted by Crippen LogP contribution is 2.33. The Labute approximate surface area is 124 Å². The van der Waals surface area contributed by atoms with E-state index in [9.17, 15) is 4.39 Å². The zero-order chi connectivity index (χ0) is 13.4. The average molecular weight is 341 g/mol. The van der Waals surface area contributed by atoms with Gasteiger partial charge in [0.15, 0.2) is 0 Å². The number of hydrogen-bond donors (Lipinski definition) is 1. The van der Waals surface area contributed by atoms with Crippen molar-refractivity contribution in [1.29, 1.82) is 0 Å². The molecular formula is C14H14BrFN2S. The first-order chi connectivity index (χ1) is 9.19. The lowest BCUT2D eigenvalue weighted by Gasteiger charge is -2.14. The van der Waals surface area contributed by atoms with Gasteiger partial charge in [0, 0.05) is 4.88 Å². The molecule has 3 rings (SSSR count). The largest absolute Gasteiger partial charge is 0.307 e. The van der Waals surface area contributed by atoms with E-state index in [1.807, 2.05) is 13.1 Å². The van der Waals surface area contributed by atoms with Crippen molar-refractivity contribution in [1.82, 2.24) is 10.3 Å². The summed E-state index contributed by atoms with van der Waals surface area (Å²) in [7, 11) is 1.89. The van der Waals surface area contributed by atoms with Crippen molar-refractivity contribution in [3.05, 3.63) is 49.6 Å². The Kier molecular flexibility index (Phi) is 3.69. The number of aromatic nitrogens is 1. The number of fused-ring (bicyclic) bond motifs is 1. The van der Waals surface area contributed by atoms with Crippen molar-refractivity contribution in [3.8, 4) is 0 Å². The first-order valence-electron chi connectivity index (χ1n) is 6.29. The van der Waals surface area contributed by atoms with Crippen LogP contribution < -0.4 is 5.32 Å². The van der Waals surface area contributed by atoms with Crippen molar-refractivity contribution < 1.29 is 4.39 Å². The monoisotopic (exact) mass is 340 g/mol. The Balaban J connectivity index is 1.96. The molecule has 0 saturated heterocycles. The first-order valence-corrected chi connectivity index (χ1v) is 7.90. The topological polar surface area (TPSA) is 24.9 Å². The highest BCUT2D eigenvalue weighted by molar-refractivity contribution is 9.10. The normalized spacial score (nSPS) is 15.5. The molecular weight excluding hydrogens is 327 g/mol. The van der Waals surface area contributed by atoms with Crippen LogP contribution in [0.4, 0.5) is 4.39 Å². The third kappa shape index (κ3) is 2.47. The summed E-state index contributed by atoms with van der Waals surface area (Å²) in [4.78, 5) is 6.11. The van der Waals surface area contributed by atoms with Gasteiger partial charge in [0.1, 0.15) is 10.8 Å². The van der Waals surface area contributed by atoms with Crippen molar-refractivity contribution in [2.24, 2.45) is 0 Å². The summed E-state index contributed by atoms with van der Waals surface area (Å²) in [5.74, 6) is -0.234. The number of nitrogens with one attached hydrogen (secondary N) is 1. The van der Waals surface area contributed by atoms with Gasteiger partial charge in [0.25, 0.3) is 0 Å². The lowest BCUT2D eigenvalue weighted by atomic mass is 10.1. The lowest BCUT2D eigenvalue weighted by Crippen LogP contribution is -2.17. The number of benzene rings is 1. The van der Waals surface area contributed by atoms with Gasteiger partial charge in [-0.05, 0) is 59.9 Å². The summed E-state index contributed by atoms with van der Waals surface area (Å²) in [6, 6.07) is 5.22. The van der Waals surface area contributed by atoms with Gasteiger partial charge >= 0.3 is 0 Å². The number of rotatable bonds is 3. The maximum Gasteiger partial charge on any atom is 0.137 e. The minimum absolute atomic E-state index is 0.0294. The van der Waals surface area contributed by atoms with E-state index in [2.05, 4.69) is 21.2 Å². The molecule has 1 unspecified atom stereocenters. The van der Waals surface area contributed by atoms with Gasteiger partial charge in [-0.15, -0.1) is 11.3 Å². The van der Waals surface area contributed by atoms with Gasteiger partial charge in [0.2, 0.25) is 0 Å². The zero-order valence-electron chi connectivity index (χ0n) is 10.5. The van der Waals surface area contributed by atoms with Crippen molar-refractivity contribution >= 4 is 27.3 Å². The first kappa shape index (κ1) is 13.2. The Morgan fingerprint density at radius 2 is 2.26 bits per heavy atom. The highest BCUT2D eigenvalue weighted by atomic mass is 79.9. The van der Waals surface area contributed by atoms with Crippen LogP contribution >= 0.6 is 27.3 Å². The van der Waals surface area contributed by atoms with E-state index in [4.69, 9.17) is 4.98 Å². The minimum Gasteiger partial charge on any atom is -0.307 e. The minimum atomic E-state index is -0.234. The quantitative estimate of drug-likeness (QED) is 0.918. The summed E-state index contributed by atoms with van der Waals surface area (Å²) < 4.78 is 14.2. The number of aryl methyl sites for hydroxylation is 2. The molecule has 0 radical (unpaired) electrons. The van der Waals surface area contributed by atoms with E-state index < -0.39 is 0 Å². The maximum absolute atomic E-state index is 13.7. The van der Waals surface area contributed by atoms with Crippen molar-refractivity contribution in [2.75, 3.05) is 7.05 Å². The summed E-state index contributed by atoms with van der Waals surface area (Å²) >= 11 is 4.94. The lowest BCUT2D eigenvalue weighted by molar-refractivity contribution is 0.610. The van der Waals surface area contributed by atoms with Crippen LogP contribution in [0.15, 0.2) is 22.7 Å². The second-order valence-corrected chi connectivity index (χ2v) is 6.64. The molecule has 1 aliphatic rings. The second-order valence-electron chi connectivity index (χ2n) is 4.67. The van der Waals surface area contributed by atoms with Crippen LogP contribution in [0.3, 0.4) is 0 Å². The molecule has 0 amide bonds. The average Bonchev–Trinajstić information content (AvgIpc) is 2.95. The van der Waals surface area contributed by atoms with Gasteiger partial charge in [-0.2, -0.15) is 0 Å². The summed E-state index contributed by atoms with van der Waals surface area (Å²) in [5.41, 5.74) is 2.15. The molecule has 1 aromatic carbocycles. The van der Waals surface area contributed by atoms with E-state index in [1.54, 1.807) is 23.5 Å². The van der Waals surface area contributed by atoms with Crippen LogP contribution in [-0.2, 0) is 12.8 Å². The summed E-state index contributed by atoms with van der Waals surface area (Å²) in [6.07, 6.45) is 3.43. The van der Waals surface area contributed by atoms with Crippen LogP contribution in [0.25, 0.3) is 0 Å². The molecule has 5 heteroatoms. The zero-order valence-corrected chi connectivity index (χ0v) is 12.9. The Morgan fingerprint density at radius 3 is 2.95 bits per heavy atom. The van der Waals surface area contributed by atoms with Crippen molar-refractivity contribution in [2.45, 2.75) is 25.3 Å². The maximum atomic E-state index is 13.7. The van der Waals surface area contributed by atoms with Crippen LogP contribution in [0.1, 0.15) is 33.6 Å². The van der Waals surface area contributed by atoms with E-state index in [-0.39, 0.29) is 11.9 Å². The summed E-state index contributed by atoms with van der Waals surface area (Å²) in [6.45, 7) is 0. The second kappa shape index (κ2) is 5.31. The van der Waals surface area contributed by atoms with E-state index in [0.717, 1.165) is 23.4 Å². The fourth-order valence-corrected chi connectivity index (χ4v) is 4.00. The number of nitrogens with zero attached hydrogens (tertiary/aromatic N) is 1. The van der Waals surface area contributed by atoms with Gasteiger partial charge in [-0.1, -0.05) is 6.07 Å². The smallest absolute Gasteiger partial charge is 0.137 e. The molecule has 0 fully saturated rings. The fourth-order valence-electron chi connectivity index (χ4n) is 2.46. The van der Waals surface area contributed by atoms with Gasteiger partial charge < -0.3 is 5.32 Å². The highest BCUT2D eigenvalue weighted by Gasteiger charge is 2.22. The number of hydrogen-bond acceptors (Lipinski definition) is 3. The Bertz CT molecular complexity index is 590. The third-order valence-electron chi connectivity index (χ3n) is 3.42.